The summed E-state index contributed by atoms with van der Waals surface area (Å²) in [6.45, 7) is 0. The van der Waals surface area contributed by atoms with Gasteiger partial charge in [-0.1, -0.05) is 42.5 Å². The lowest BCUT2D eigenvalue weighted by Gasteiger charge is -2.17. The summed E-state index contributed by atoms with van der Waals surface area (Å²) in [5.74, 6) is -0.949. The molecule has 3 aromatic carbocycles. The van der Waals surface area contributed by atoms with Crippen molar-refractivity contribution < 1.29 is 18.4 Å². The van der Waals surface area contributed by atoms with Crippen LogP contribution in [0.1, 0.15) is 21.4 Å². The number of hydrogen-bond acceptors (Lipinski definition) is 4. The maximum atomic E-state index is 14.0. The Morgan fingerprint density at radius 2 is 1.53 bits per heavy atom. The van der Waals surface area contributed by atoms with Gasteiger partial charge in [0.25, 0.3) is 5.91 Å². The Bertz CT molecular complexity index is 1200. The largest absolute Gasteiger partial charge is 0.459 e. The molecule has 1 heterocycles. The van der Waals surface area contributed by atoms with E-state index in [1.807, 2.05) is 42.5 Å². The highest BCUT2D eigenvalue weighted by Crippen LogP contribution is 2.37. The maximum Gasteiger partial charge on any atom is 0.291 e. The molecule has 0 aliphatic heterocycles. The van der Waals surface area contributed by atoms with Gasteiger partial charge in [-0.25, -0.2) is 4.39 Å². The fraction of sp³-hybridized carbons (Fsp3) is 0.0400. The topological polar surface area (TPSA) is 71.3 Å². The average Bonchev–Trinajstić information content (AvgIpc) is 3.36. The molecule has 0 spiro atoms. The van der Waals surface area contributed by atoms with Crippen molar-refractivity contribution >= 4 is 35.0 Å². The smallest absolute Gasteiger partial charge is 0.291 e. The van der Waals surface area contributed by atoms with Gasteiger partial charge in [0, 0.05) is 10.6 Å². The van der Waals surface area contributed by atoms with Gasteiger partial charge in [0.05, 0.1) is 12.0 Å². The van der Waals surface area contributed by atoms with E-state index in [9.17, 15) is 14.0 Å². The molecule has 7 heteroatoms. The molecule has 1 unspecified atom stereocenters. The van der Waals surface area contributed by atoms with E-state index in [4.69, 9.17) is 4.42 Å². The summed E-state index contributed by atoms with van der Waals surface area (Å²) in [7, 11) is 0. The van der Waals surface area contributed by atoms with Gasteiger partial charge in [-0.05, 0) is 54.1 Å². The Kier molecular flexibility index (Phi) is 6.67. The minimum atomic E-state index is -0.598. The van der Waals surface area contributed by atoms with Gasteiger partial charge >= 0.3 is 0 Å². The molecule has 160 valence electrons. The molecule has 0 aliphatic rings. The number of anilines is 2. The number of nitrogens with one attached hydrogen (secondary N) is 2. The van der Waals surface area contributed by atoms with E-state index in [-0.39, 0.29) is 23.3 Å². The van der Waals surface area contributed by atoms with Crippen LogP contribution in [-0.2, 0) is 4.79 Å². The molecule has 0 radical (unpaired) electrons. The minimum absolute atomic E-state index is 0.134. The second kappa shape index (κ2) is 9.98. The van der Waals surface area contributed by atoms with Crippen molar-refractivity contribution in [1.29, 1.82) is 0 Å². The summed E-state index contributed by atoms with van der Waals surface area (Å²) in [5.41, 5.74) is 1.53. The van der Waals surface area contributed by atoms with Crippen molar-refractivity contribution in [3.63, 3.8) is 0 Å². The molecule has 1 aromatic heterocycles. The zero-order valence-corrected chi connectivity index (χ0v) is 17.6. The molecule has 5 nitrogen and oxygen atoms in total. The third-order valence-electron chi connectivity index (χ3n) is 4.58. The van der Waals surface area contributed by atoms with Crippen molar-refractivity contribution in [3.05, 3.63) is 114 Å². The van der Waals surface area contributed by atoms with Crippen LogP contribution in [0.15, 0.2) is 107 Å². The number of carbonyl (C=O) groups excluding carboxylic acids is 2. The quantitative estimate of drug-likeness (QED) is 0.334. The van der Waals surface area contributed by atoms with Gasteiger partial charge in [-0.3, -0.25) is 9.59 Å². The molecule has 0 saturated heterocycles. The Morgan fingerprint density at radius 3 is 2.22 bits per heavy atom. The highest BCUT2D eigenvalue weighted by atomic mass is 32.2. The van der Waals surface area contributed by atoms with Crippen LogP contribution < -0.4 is 10.6 Å². The standard InChI is InChI=1S/C25H19FN2O3S/c26-20-9-4-5-10-21(20)28-25(30)23(17-7-2-1-3-8-17)32-19-14-12-18(13-15-19)27-24(29)22-11-6-16-31-22/h1-16,23H,(H,27,29)(H,28,30). The molecule has 2 N–H and O–H groups in total. The van der Waals surface area contributed by atoms with E-state index >= 15 is 0 Å². The van der Waals surface area contributed by atoms with Gasteiger partial charge < -0.3 is 15.1 Å². The summed E-state index contributed by atoms with van der Waals surface area (Å²) in [5, 5.41) is 4.84. The first kappa shape index (κ1) is 21.4. The van der Waals surface area contributed by atoms with E-state index in [2.05, 4.69) is 10.6 Å². The molecular weight excluding hydrogens is 427 g/mol. The Morgan fingerprint density at radius 1 is 0.812 bits per heavy atom. The predicted molar refractivity (Wildman–Crippen MR) is 123 cm³/mol. The maximum absolute atomic E-state index is 14.0. The number of furan rings is 1. The van der Waals surface area contributed by atoms with Crippen molar-refractivity contribution in [2.75, 3.05) is 10.6 Å². The first-order valence-corrected chi connectivity index (χ1v) is 10.7. The molecule has 1 atom stereocenters. The normalized spacial score (nSPS) is 11.5. The van der Waals surface area contributed by atoms with Crippen molar-refractivity contribution in [2.45, 2.75) is 10.1 Å². The zero-order chi connectivity index (χ0) is 22.3. The van der Waals surface area contributed by atoms with Gasteiger partial charge in [0.15, 0.2) is 5.76 Å². The Balaban J connectivity index is 1.50. The summed E-state index contributed by atoms with van der Waals surface area (Å²) in [6, 6.07) is 25.7. The number of amides is 2. The third-order valence-corrected chi connectivity index (χ3v) is 5.85. The van der Waals surface area contributed by atoms with Crippen LogP contribution in [0.2, 0.25) is 0 Å². The lowest BCUT2D eigenvalue weighted by molar-refractivity contribution is -0.115. The number of halogens is 1. The molecule has 0 fully saturated rings. The van der Waals surface area contributed by atoms with Crippen LogP contribution in [-0.4, -0.2) is 11.8 Å². The monoisotopic (exact) mass is 446 g/mol. The first-order chi connectivity index (χ1) is 15.6. The lowest BCUT2D eigenvalue weighted by Crippen LogP contribution is -2.19. The van der Waals surface area contributed by atoms with Crippen LogP contribution >= 0.6 is 11.8 Å². The van der Waals surface area contributed by atoms with Crippen LogP contribution in [0.4, 0.5) is 15.8 Å². The fourth-order valence-corrected chi connectivity index (χ4v) is 4.04. The molecule has 4 rings (SSSR count). The average molecular weight is 447 g/mol. The SMILES string of the molecule is O=C(Nc1ccc(SC(C(=O)Nc2ccccc2F)c2ccccc2)cc1)c1ccco1. The second-order valence-corrected chi connectivity index (χ2v) is 8.01. The number of carbonyl (C=O) groups is 2. The van der Waals surface area contributed by atoms with E-state index < -0.39 is 11.1 Å². The van der Waals surface area contributed by atoms with Crippen LogP contribution in [0.3, 0.4) is 0 Å². The molecule has 2 amide bonds. The van der Waals surface area contributed by atoms with E-state index in [0.717, 1.165) is 10.5 Å². The molecule has 0 aliphatic carbocycles. The highest BCUT2D eigenvalue weighted by molar-refractivity contribution is 8.00. The zero-order valence-electron chi connectivity index (χ0n) is 16.8. The molecular formula is C25H19FN2O3S. The lowest BCUT2D eigenvalue weighted by atomic mass is 10.1. The molecule has 32 heavy (non-hydrogen) atoms. The number of hydrogen-bond donors (Lipinski definition) is 2. The molecule has 0 bridgehead atoms. The van der Waals surface area contributed by atoms with Crippen molar-refractivity contribution in [1.82, 2.24) is 0 Å². The summed E-state index contributed by atoms with van der Waals surface area (Å²) >= 11 is 1.33. The number of rotatable bonds is 7. The second-order valence-electron chi connectivity index (χ2n) is 6.83. The molecule has 4 aromatic rings. The first-order valence-electron chi connectivity index (χ1n) is 9.82. The van der Waals surface area contributed by atoms with Crippen molar-refractivity contribution in [2.24, 2.45) is 0 Å². The molecule has 0 saturated carbocycles. The Labute approximate surface area is 188 Å². The van der Waals surface area contributed by atoms with Gasteiger partial charge in [0.1, 0.15) is 11.1 Å². The summed E-state index contributed by atoms with van der Waals surface area (Å²) in [6.07, 6.45) is 1.44. The number of benzene rings is 3. The van der Waals surface area contributed by atoms with E-state index in [1.165, 1.54) is 30.2 Å². The van der Waals surface area contributed by atoms with Crippen LogP contribution in [0.25, 0.3) is 0 Å². The summed E-state index contributed by atoms with van der Waals surface area (Å²) < 4.78 is 19.1. The Hall–Kier alpha value is -3.84. The van der Waals surface area contributed by atoms with Crippen LogP contribution in [0.5, 0.6) is 0 Å². The van der Waals surface area contributed by atoms with Gasteiger partial charge in [-0.2, -0.15) is 0 Å². The highest BCUT2D eigenvalue weighted by Gasteiger charge is 2.23. The van der Waals surface area contributed by atoms with E-state index in [0.29, 0.717) is 5.69 Å². The summed E-state index contributed by atoms with van der Waals surface area (Å²) in [4.78, 5) is 26.0. The fourth-order valence-electron chi connectivity index (χ4n) is 3.01. The van der Waals surface area contributed by atoms with Crippen molar-refractivity contribution in [3.8, 4) is 0 Å². The van der Waals surface area contributed by atoms with E-state index in [1.54, 1.807) is 36.4 Å². The van der Waals surface area contributed by atoms with Gasteiger partial charge in [-0.15, -0.1) is 11.8 Å². The predicted octanol–water partition coefficient (Wildman–Crippen LogP) is 6.14. The number of para-hydroxylation sites is 1. The number of thioether (sulfide) groups is 1. The van der Waals surface area contributed by atoms with Crippen LogP contribution in [0, 0.1) is 5.82 Å². The van der Waals surface area contributed by atoms with Gasteiger partial charge in [0.2, 0.25) is 5.91 Å². The third kappa shape index (κ3) is 5.25. The minimum Gasteiger partial charge on any atom is -0.459 e.